The third-order valence-corrected chi connectivity index (χ3v) is 5.72. The summed E-state index contributed by atoms with van der Waals surface area (Å²) in [4.78, 5) is 10.4. The number of benzene rings is 2. The van der Waals surface area contributed by atoms with Crippen LogP contribution in [-0.2, 0) is 23.0 Å². The quantitative estimate of drug-likeness (QED) is 0.592. The Kier molecular flexibility index (Phi) is 5.36. The first-order valence-electron chi connectivity index (χ1n) is 7.55. The van der Waals surface area contributed by atoms with Crippen molar-refractivity contribution in [3.8, 4) is 0 Å². The van der Waals surface area contributed by atoms with Gasteiger partial charge in [-0.3, -0.25) is 10.1 Å². The first-order chi connectivity index (χ1) is 11.3. The third kappa shape index (κ3) is 3.80. The molecule has 0 N–H and O–H groups in total. The summed E-state index contributed by atoms with van der Waals surface area (Å²) >= 11 is 0. The highest BCUT2D eigenvalue weighted by atomic mass is 32.2. The van der Waals surface area contributed by atoms with Crippen LogP contribution in [0.3, 0.4) is 0 Å². The minimum atomic E-state index is -3.80. The van der Waals surface area contributed by atoms with E-state index in [0.29, 0.717) is 5.56 Å². The van der Waals surface area contributed by atoms with Crippen molar-refractivity contribution in [2.75, 3.05) is 7.05 Å². The van der Waals surface area contributed by atoms with Gasteiger partial charge in [-0.1, -0.05) is 37.3 Å². The first kappa shape index (κ1) is 18.1. The van der Waals surface area contributed by atoms with Crippen LogP contribution < -0.4 is 0 Å². The Morgan fingerprint density at radius 3 is 2.21 bits per heavy atom. The van der Waals surface area contributed by atoms with Gasteiger partial charge in [-0.15, -0.1) is 0 Å². The Bertz CT molecular complexity index is 845. The van der Waals surface area contributed by atoms with Crippen LogP contribution in [0.2, 0.25) is 0 Å². The van der Waals surface area contributed by atoms with Crippen molar-refractivity contribution in [3.63, 3.8) is 0 Å². The standard InChI is InChI=1S/C17H20N2O4S/c1-4-14-6-8-15(9-7-14)12-18(3)24(22,23)16-10-5-13(2)17(11-16)19(20)21/h5-11H,4,12H2,1-3H3. The van der Waals surface area contributed by atoms with Gasteiger partial charge in [0.15, 0.2) is 0 Å². The van der Waals surface area contributed by atoms with Crippen molar-refractivity contribution in [1.82, 2.24) is 4.31 Å². The molecule has 24 heavy (non-hydrogen) atoms. The molecule has 0 atom stereocenters. The van der Waals surface area contributed by atoms with Gasteiger partial charge in [0.1, 0.15) is 0 Å². The zero-order chi connectivity index (χ0) is 17.9. The Hall–Kier alpha value is -2.25. The number of sulfonamides is 1. The fraction of sp³-hybridized carbons (Fsp3) is 0.294. The predicted octanol–water partition coefficient (Wildman–Crippen LogP) is 3.29. The molecule has 6 nitrogen and oxygen atoms in total. The van der Waals surface area contributed by atoms with Gasteiger partial charge in [-0.05, 0) is 30.5 Å². The number of nitro groups is 1. The van der Waals surface area contributed by atoms with Crippen LogP contribution in [0.4, 0.5) is 5.69 Å². The molecule has 128 valence electrons. The number of rotatable bonds is 6. The number of nitro benzene ring substituents is 1. The summed E-state index contributed by atoms with van der Waals surface area (Å²) in [6, 6.07) is 11.7. The highest BCUT2D eigenvalue weighted by Gasteiger charge is 2.24. The number of nitrogens with zero attached hydrogens (tertiary/aromatic N) is 2. The molecule has 2 aromatic rings. The Balaban J connectivity index is 2.28. The van der Waals surface area contributed by atoms with E-state index in [1.807, 2.05) is 24.3 Å². The Morgan fingerprint density at radius 2 is 1.67 bits per heavy atom. The number of aryl methyl sites for hydroxylation is 2. The molecule has 0 saturated heterocycles. The van der Waals surface area contributed by atoms with E-state index < -0.39 is 14.9 Å². The summed E-state index contributed by atoms with van der Waals surface area (Å²) in [5.74, 6) is 0. The second-order valence-corrected chi connectivity index (χ2v) is 7.68. The van der Waals surface area contributed by atoms with E-state index in [0.717, 1.165) is 18.1 Å². The zero-order valence-electron chi connectivity index (χ0n) is 13.9. The van der Waals surface area contributed by atoms with Gasteiger partial charge in [0.2, 0.25) is 10.0 Å². The van der Waals surface area contributed by atoms with Gasteiger partial charge in [-0.25, -0.2) is 8.42 Å². The lowest BCUT2D eigenvalue weighted by molar-refractivity contribution is -0.385. The van der Waals surface area contributed by atoms with Crippen molar-refractivity contribution < 1.29 is 13.3 Å². The maximum Gasteiger partial charge on any atom is 0.273 e. The Morgan fingerprint density at radius 1 is 1.08 bits per heavy atom. The highest BCUT2D eigenvalue weighted by Crippen LogP contribution is 2.24. The smallest absolute Gasteiger partial charge is 0.258 e. The lowest BCUT2D eigenvalue weighted by atomic mass is 10.1. The van der Waals surface area contributed by atoms with Crippen LogP contribution in [0.5, 0.6) is 0 Å². The van der Waals surface area contributed by atoms with Gasteiger partial charge in [0.25, 0.3) is 5.69 Å². The second-order valence-electron chi connectivity index (χ2n) is 5.64. The molecule has 7 heteroatoms. The lowest BCUT2D eigenvalue weighted by Gasteiger charge is -2.17. The molecule has 0 aliphatic heterocycles. The SMILES string of the molecule is CCc1ccc(CN(C)S(=O)(=O)c2ccc(C)c([N+](=O)[O-])c2)cc1. The molecular weight excluding hydrogens is 328 g/mol. The summed E-state index contributed by atoms with van der Waals surface area (Å²) in [6.45, 7) is 3.83. The van der Waals surface area contributed by atoms with Gasteiger partial charge < -0.3 is 0 Å². The largest absolute Gasteiger partial charge is 0.273 e. The molecule has 0 saturated carbocycles. The average molecular weight is 348 g/mol. The molecule has 0 aliphatic rings. The zero-order valence-corrected chi connectivity index (χ0v) is 14.7. The van der Waals surface area contributed by atoms with Crippen LogP contribution in [0.15, 0.2) is 47.4 Å². The molecule has 2 rings (SSSR count). The van der Waals surface area contributed by atoms with Crippen LogP contribution >= 0.6 is 0 Å². The molecular formula is C17H20N2O4S. The van der Waals surface area contributed by atoms with E-state index in [1.165, 1.54) is 29.0 Å². The normalized spacial score (nSPS) is 11.7. The van der Waals surface area contributed by atoms with Crippen LogP contribution in [0, 0.1) is 17.0 Å². The first-order valence-corrected chi connectivity index (χ1v) is 8.99. The van der Waals surface area contributed by atoms with E-state index >= 15 is 0 Å². The van der Waals surface area contributed by atoms with Gasteiger partial charge in [0, 0.05) is 25.2 Å². The fourth-order valence-corrected chi connectivity index (χ4v) is 3.53. The van der Waals surface area contributed by atoms with Crippen molar-refractivity contribution in [2.45, 2.75) is 31.7 Å². The van der Waals surface area contributed by atoms with E-state index in [1.54, 1.807) is 6.92 Å². The molecule has 0 unspecified atom stereocenters. The van der Waals surface area contributed by atoms with Crippen LogP contribution in [0.25, 0.3) is 0 Å². The second kappa shape index (κ2) is 7.11. The summed E-state index contributed by atoms with van der Waals surface area (Å²) in [5.41, 5.74) is 2.27. The van der Waals surface area contributed by atoms with Crippen molar-refractivity contribution in [3.05, 3.63) is 69.3 Å². The average Bonchev–Trinajstić information content (AvgIpc) is 2.55. The summed E-state index contributed by atoms with van der Waals surface area (Å²) in [7, 11) is -2.33. The maximum absolute atomic E-state index is 12.6. The molecule has 2 aromatic carbocycles. The Labute approximate surface area is 141 Å². The lowest BCUT2D eigenvalue weighted by Crippen LogP contribution is -2.26. The minimum Gasteiger partial charge on any atom is -0.258 e. The van der Waals surface area contributed by atoms with Gasteiger partial charge in [0.05, 0.1) is 9.82 Å². The molecule has 0 bridgehead atoms. The number of hydrogen-bond acceptors (Lipinski definition) is 4. The van der Waals surface area contributed by atoms with E-state index in [9.17, 15) is 18.5 Å². The number of hydrogen-bond donors (Lipinski definition) is 0. The molecule has 0 heterocycles. The van der Waals surface area contributed by atoms with Crippen molar-refractivity contribution in [2.24, 2.45) is 0 Å². The summed E-state index contributed by atoms with van der Waals surface area (Å²) < 4.78 is 26.5. The van der Waals surface area contributed by atoms with Crippen molar-refractivity contribution >= 4 is 15.7 Å². The van der Waals surface area contributed by atoms with Gasteiger partial charge in [-0.2, -0.15) is 4.31 Å². The van der Waals surface area contributed by atoms with Gasteiger partial charge >= 0.3 is 0 Å². The van der Waals surface area contributed by atoms with Crippen LogP contribution in [0.1, 0.15) is 23.6 Å². The fourth-order valence-electron chi connectivity index (χ4n) is 2.35. The van der Waals surface area contributed by atoms with Crippen molar-refractivity contribution in [1.29, 1.82) is 0 Å². The molecule has 0 aromatic heterocycles. The molecule has 0 spiro atoms. The molecule has 0 radical (unpaired) electrons. The topological polar surface area (TPSA) is 80.5 Å². The molecule has 0 fully saturated rings. The maximum atomic E-state index is 12.6. The molecule has 0 aliphatic carbocycles. The molecule has 0 amide bonds. The highest BCUT2D eigenvalue weighted by molar-refractivity contribution is 7.89. The van der Waals surface area contributed by atoms with Crippen LogP contribution in [-0.4, -0.2) is 24.7 Å². The predicted molar refractivity (Wildman–Crippen MR) is 92.3 cm³/mol. The summed E-state index contributed by atoms with van der Waals surface area (Å²) in [6.07, 6.45) is 0.918. The third-order valence-electron chi connectivity index (χ3n) is 3.92. The monoisotopic (exact) mass is 348 g/mol. The minimum absolute atomic E-state index is 0.0764. The summed E-state index contributed by atoms with van der Waals surface area (Å²) in [5, 5.41) is 11.0. The van der Waals surface area contributed by atoms with E-state index in [2.05, 4.69) is 6.92 Å². The van der Waals surface area contributed by atoms with E-state index in [-0.39, 0.29) is 17.1 Å². The van der Waals surface area contributed by atoms with E-state index in [4.69, 9.17) is 0 Å².